The van der Waals surface area contributed by atoms with Gasteiger partial charge in [0.25, 0.3) is 5.91 Å². The normalized spacial score (nSPS) is 17.8. The number of nitrogens with zero attached hydrogens (tertiary/aromatic N) is 1. The molecule has 0 bridgehead atoms. The van der Waals surface area contributed by atoms with E-state index in [0.717, 1.165) is 10.1 Å². The maximum atomic E-state index is 13.3. The number of carbonyl (C=O) groups is 1. The van der Waals surface area contributed by atoms with Crippen molar-refractivity contribution in [2.75, 3.05) is 32.7 Å². The Labute approximate surface area is 141 Å². The highest BCUT2D eigenvalue weighted by Gasteiger charge is 2.43. The molecule has 2 N–H and O–H groups in total. The fourth-order valence-electron chi connectivity index (χ4n) is 2.84. The molecule has 1 amide bonds. The van der Waals surface area contributed by atoms with Gasteiger partial charge in [-0.25, -0.2) is 0 Å². The molecular formula is C16H18F3N3OS. The number of hydrogen-bond donors (Lipinski definition) is 2. The zero-order chi connectivity index (χ0) is 17.2. The van der Waals surface area contributed by atoms with E-state index in [1.807, 2.05) is 17.5 Å². The van der Waals surface area contributed by atoms with Gasteiger partial charge in [0.05, 0.1) is 0 Å². The predicted octanol–water partition coefficient (Wildman–Crippen LogP) is 2.47. The molecule has 1 saturated heterocycles. The van der Waals surface area contributed by atoms with E-state index in [0.29, 0.717) is 31.7 Å². The Hall–Kier alpha value is -1.64. The van der Waals surface area contributed by atoms with Crippen LogP contribution in [0.4, 0.5) is 13.2 Å². The molecule has 0 spiro atoms. The van der Waals surface area contributed by atoms with Crippen LogP contribution in [0.5, 0.6) is 0 Å². The Bertz CT molecular complexity index is 710. The number of rotatable bonds is 4. The van der Waals surface area contributed by atoms with Gasteiger partial charge in [0.1, 0.15) is 6.04 Å². The average Bonchev–Trinajstić information content (AvgIpc) is 3.02. The molecule has 1 aliphatic heterocycles. The monoisotopic (exact) mass is 357 g/mol. The van der Waals surface area contributed by atoms with Gasteiger partial charge >= 0.3 is 6.18 Å². The molecule has 1 atom stereocenters. The Morgan fingerprint density at radius 1 is 1.29 bits per heavy atom. The fraction of sp³-hybridized carbons (Fsp3) is 0.438. The first-order valence-electron chi connectivity index (χ1n) is 7.72. The number of carbonyl (C=O) groups excluding carboxylic acids is 1. The van der Waals surface area contributed by atoms with E-state index in [1.54, 1.807) is 23.5 Å². The molecule has 4 nitrogen and oxygen atoms in total. The third-order valence-corrected chi connectivity index (χ3v) is 5.04. The maximum Gasteiger partial charge on any atom is 0.405 e. The number of alkyl halides is 3. The third kappa shape index (κ3) is 3.88. The molecule has 1 aromatic heterocycles. The van der Waals surface area contributed by atoms with E-state index >= 15 is 0 Å². The van der Waals surface area contributed by atoms with Crippen molar-refractivity contribution < 1.29 is 18.0 Å². The molecule has 0 radical (unpaired) electrons. The second kappa shape index (κ2) is 7.08. The van der Waals surface area contributed by atoms with Crippen molar-refractivity contribution in [1.82, 2.24) is 15.5 Å². The number of piperazine rings is 1. The average molecular weight is 357 g/mol. The Morgan fingerprint density at radius 3 is 2.75 bits per heavy atom. The van der Waals surface area contributed by atoms with Crippen LogP contribution < -0.4 is 10.6 Å². The highest BCUT2D eigenvalue weighted by molar-refractivity contribution is 7.17. The van der Waals surface area contributed by atoms with Crippen molar-refractivity contribution >= 4 is 27.3 Å². The third-order valence-electron chi connectivity index (χ3n) is 4.14. The fourth-order valence-corrected chi connectivity index (χ4v) is 3.62. The van der Waals surface area contributed by atoms with Crippen molar-refractivity contribution in [3.8, 4) is 0 Å². The van der Waals surface area contributed by atoms with E-state index in [9.17, 15) is 18.0 Å². The molecule has 2 aromatic rings. The summed E-state index contributed by atoms with van der Waals surface area (Å²) in [5, 5.41) is 8.30. The second-order valence-corrected chi connectivity index (χ2v) is 6.67. The summed E-state index contributed by atoms with van der Waals surface area (Å²) in [5.41, 5.74) is 0.377. The molecule has 3 rings (SSSR count). The first-order chi connectivity index (χ1) is 11.4. The first-order valence-corrected chi connectivity index (χ1v) is 8.60. The molecule has 24 heavy (non-hydrogen) atoms. The molecule has 1 fully saturated rings. The van der Waals surface area contributed by atoms with Crippen LogP contribution in [0.3, 0.4) is 0 Å². The van der Waals surface area contributed by atoms with Gasteiger partial charge in [-0.05, 0) is 35.0 Å². The van der Waals surface area contributed by atoms with Crippen molar-refractivity contribution in [2.24, 2.45) is 0 Å². The number of thiophene rings is 1. The summed E-state index contributed by atoms with van der Waals surface area (Å²) in [6.45, 7) is 1.25. The van der Waals surface area contributed by atoms with Crippen LogP contribution in [-0.2, 0) is 0 Å². The molecule has 1 aliphatic rings. The molecular weight excluding hydrogens is 339 g/mol. The van der Waals surface area contributed by atoms with Crippen LogP contribution in [0.1, 0.15) is 10.4 Å². The van der Waals surface area contributed by atoms with Gasteiger partial charge in [-0.2, -0.15) is 13.2 Å². The molecule has 0 aliphatic carbocycles. The number of hydrogen-bond acceptors (Lipinski definition) is 4. The Morgan fingerprint density at radius 2 is 2.04 bits per heavy atom. The Balaban J connectivity index is 1.67. The van der Waals surface area contributed by atoms with E-state index in [4.69, 9.17) is 0 Å². The van der Waals surface area contributed by atoms with Crippen LogP contribution in [-0.4, -0.2) is 55.7 Å². The standard InChI is InChI=1S/C16H18F3N3OS/c17-16(18,19)14(22-6-4-20-5-7-22)10-21-15(23)12-1-2-13-11(9-12)3-8-24-13/h1-3,8-9,14,20H,4-7,10H2,(H,21,23). The summed E-state index contributed by atoms with van der Waals surface area (Å²) in [4.78, 5) is 13.6. The van der Waals surface area contributed by atoms with Gasteiger partial charge in [0.15, 0.2) is 0 Å². The molecule has 1 aromatic carbocycles. The van der Waals surface area contributed by atoms with Gasteiger partial charge in [-0.1, -0.05) is 0 Å². The molecule has 2 heterocycles. The molecule has 130 valence electrons. The largest absolute Gasteiger partial charge is 0.405 e. The minimum absolute atomic E-state index is 0.320. The highest BCUT2D eigenvalue weighted by Crippen LogP contribution is 2.25. The van der Waals surface area contributed by atoms with Crippen LogP contribution >= 0.6 is 11.3 Å². The molecule has 8 heteroatoms. The molecule has 0 saturated carbocycles. The SMILES string of the molecule is O=C(NCC(N1CCNCC1)C(F)(F)F)c1ccc2sccc2c1. The number of fused-ring (bicyclic) bond motifs is 1. The molecule has 1 unspecified atom stereocenters. The zero-order valence-electron chi connectivity index (χ0n) is 12.9. The Kier molecular flexibility index (Phi) is 5.07. The number of benzene rings is 1. The predicted molar refractivity (Wildman–Crippen MR) is 88.4 cm³/mol. The van der Waals surface area contributed by atoms with E-state index in [2.05, 4.69) is 10.6 Å². The van der Waals surface area contributed by atoms with E-state index < -0.39 is 24.7 Å². The van der Waals surface area contributed by atoms with Gasteiger partial charge in [-0.15, -0.1) is 11.3 Å². The minimum Gasteiger partial charge on any atom is -0.350 e. The summed E-state index contributed by atoms with van der Waals surface area (Å²) in [6, 6.07) is 5.38. The van der Waals surface area contributed by atoms with Gasteiger partial charge in [0, 0.05) is 43.0 Å². The van der Waals surface area contributed by atoms with Crippen molar-refractivity contribution in [3.63, 3.8) is 0 Å². The van der Waals surface area contributed by atoms with Crippen molar-refractivity contribution in [2.45, 2.75) is 12.2 Å². The lowest BCUT2D eigenvalue weighted by Gasteiger charge is -2.35. The lowest BCUT2D eigenvalue weighted by atomic mass is 10.1. The van der Waals surface area contributed by atoms with Crippen LogP contribution in [0.15, 0.2) is 29.6 Å². The summed E-state index contributed by atoms with van der Waals surface area (Å²) in [6.07, 6.45) is -4.37. The number of nitrogens with one attached hydrogen (secondary N) is 2. The lowest BCUT2D eigenvalue weighted by Crippen LogP contribution is -2.57. The van der Waals surface area contributed by atoms with Gasteiger partial charge in [0.2, 0.25) is 0 Å². The highest BCUT2D eigenvalue weighted by atomic mass is 32.1. The summed E-state index contributed by atoms with van der Waals surface area (Å²) in [7, 11) is 0. The maximum absolute atomic E-state index is 13.3. The number of amides is 1. The van der Waals surface area contributed by atoms with E-state index in [1.165, 1.54) is 4.90 Å². The minimum atomic E-state index is -4.37. The first kappa shape index (κ1) is 17.2. The van der Waals surface area contributed by atoms with Gasteiger partial charge < -0.3 is 10.6 Å². The number of halogens is 3. The smallest absolute Gasteiger partial charge is 0.350 e. The topological polar surface area (TPSA) is 44.4 Å². The van der Waals surface area contributed by atoms with Crippen LogP contribution in [0, 0.1) is 0 Å². The summed E-state index contributed by atoms with van der Waals surface area (Å²) >= 11 is 1.56. The summed E-state index contributed by atoms with van der Waals surface area (Å²) < 4.78 is 41.0. The van der Waals surface area contributed by atoms with Crippen LogP contribution in [0.2, 0.25) is 0 Å². The zero-order valence-corrected chi connectivity index (χ0v) is 13.7. The van der Waals surface area contributed by atoms with Crippen LogP contribution in [0.25, 0.3) is 10.1 Å². The van der Waals surface area contributed by atoms with Gasteiger partial charge in [-0.3, -0.25) is 9.69 Å². The van der Waals surface area contributed by atoms with Crippen molar-refractivity contribution in [1.29, 1.82) is 0 Å². The summed E-state index contributed by atoms with van der Waals surface area (Å²) in [5.74, 6) is -0.479. The van der Waals surface area contributed by atoms with E-state index in [-0.39, 0.29) is 0 Å². The lowest BCUT2D eigenvalue weighted by molar-refractivity contribution is -0.183. The van der Waals surface area contributed by atoms with Crippen molar-refractivity contribution in [3.05, 3.63) is 35.2 Å². The second-order valence-electron chi connectivity index (χ2n) is 5.73. The quantitative estimate of drug-likeness (QED) is 0.884.